The van der Waals surface area contributed by atoms with Gasteiger partial charge in [-0.1, -0.05) is 97.3 Å². The van der Waals surface area contributed by atoms with Gasteiger partial charge in [0.25, 0.3) is 0 Å². The van der Waals surface area contributed by atoms with Crippen molar-refractivity contribution in [3.63, 3.8) is 0 Å². The van der Waals surface area contributed by atoms with Gasteiger partial charge >= 0.3 is 8.80 Å². The van der Waals surface area contributed by atoms with Gasteiger partial charge in [-0.25, -0.2) is 4.98 Å². The Balaban J connectivity index is 0.000000842. The van der Waals surface area contributed by atoms with Gasteiger partial charge in [0.1, 0.15) is 0 Å². The molecule has 0 bridgehead atoms. The van der Waals surface area contributed by atoms with Gasteiger partial charge in [-0.2, -0.15) is 0 Å². The molecule has 0 radical (unpaired) electrons. The first-order valence-corrected chi connectivity index (χ1v) is 14.6. The molecule has 0 saturated heterocycles. The van der Waals surface area contributed by atoms with E-state index in [9.17, 15) is 0 Å². The zero-order chi connectivity index (χ0) is 23.2. The molecule has 1 heterocycles. The van der Waals surface area contributed by atoms with E-state index in [1.807, 2.05) is 19.4 Å². The van der Waals surface area contributed by atoms with Crippen LogP contribution in [-0.2, 0) is 13.3 Å². The molecule has 0 aliphatic rings. The number of hydrogen-bond donors (Lipinski definition) is 0. The highest BCUT2D eigenvalue weighted by Crippen LogP contribution is 2.17. The van der Waals surface area contributed by atoms with E-state index in [4.69, 9.17) is 13.3 Å². The van der Waals surface area contributed by atoms with Crippen LogP contribution < -0.4 is 0 Å². The maximum atomic E-state index is 5.08. The molecule has 0 spiro atoms. The van der Waals surface area contributed by atoms with E-state index in [1.54, 1.807) is 21.3 Å². The van der Waals surface area contributed by atoms with Crippen LogP contribution in [0.3, 0.4) is 0 Å². The molecule has 184 valence electrons. The molecular weight excluding hydrogens is 404 g/mol. The van der Waals surface area contributed by atoms with Gasteiger partial charge in [-0.3, -0.25) is 0 Å². The number of unbranched alkanes of at least 4 members (excludes halogenated alkanes) is 12. The maximum absolute atomic E-state index is 5.08. The molecule has 0 saturated carbocycles. The Labute approximate surface area is 194 Å². The Morgan fingerprint density at radius 2 is 1.19 bits per heavy atom. The summed E-state index contributed by atoms with van der Waals surface area (Å²) in [5.41, 5.74) is 0. The molecule has 1 aromatic heterocycles. The van der Waals surface area contributed by atoms with Crippen molar-refractivity contribution in [1.82, 2.24) is 9.55 Å². The molecule has 0 aliphatic heterocycles. The standard InChI is InChI=1S/C20H38N2.C5H14O3Si/c1-3-4-5-6-7-8-9-10-11-12-13-14-15-16-20(2)22-18-17-21-19-22;1-5-9(6-2,7-3)8-4/h17-20H,3-16H2,1-2H3;5H2,1-4H3. The lowest BCUT2D eigenvalue weighted by Gasteiger charge is -2.22. The third-order valence-corrected chi connectivity index (χ3v) is 8.86. The summed E-state index contributed by atoms with van der Waals surface area (Å²) in [6.45, 7) is 6.57. The summed E-state index contributed by atoms with van der Waals surface area (Å²) >= 11 is 0. The Hall–Kier alpha value is -0.693. The fourth-order valence-corrected chi connectivity index (χ4v) is 5.19. The second kappa shape index (κ2) is 21.2. The molecule has 1 aromatic rings. The summed E-state index contributed by atoms with van der Waals surface area (Å²) in [4.78, 5) is 4.12. The summed E-state index contributed by atoms with van der Waals surface area (Å²) < 4.78 is 17.5. The average molecular weight is 457 g/mol. The first-order valence-electron chi connectivity index (χ1n) is 12.7. The first kappa shape index (κ1) is 30.3. The summed E-state index contributed by atoms with van der Waals surface area (Å²) in [6.07, 6.45) is 25.8. The van der Waals surface area contributed by atoms with Crippen LogP contribution in [0.4, 0.5) is 0 Å². The second-order valence-corrected chi connectivity index (χ2v) is 11.8. The van der Waals surface area contributed by atoms with Crippen LogP contribution in [-0.4, -0.2) is 39.7 Å². The van der Waals surface area contributed by atoms with E-state index in [0.29, 0.717) is 6.04 Å². The van der Waals surface area contributed by atoms with Crippen molar-refractivity contribution in [3.05, 3.63) is 18.7 Å². The van der Waals surface area contributed by atoms with Crippen molar-refractivity contribution in [1.29, 1.82) is 0 Å². The third-order valence-electron chi connectivity index (χ3n) is 6.13. The van der Waals surface area contributed by atoms with Gasteiger partial charge in [0.2, 0.25) is 0 Å². The maximum Gasteiger partial charge on any atom is 0.499 e. The van der Waals surface area contributed by atoms with Gasteiger partial charge in [-0.15, -0.1) is 0 Å². The number of hydrogen-bond acceptors (Lipinski definition) is 4. The molecule has 0 amide bonds. The highest BCUT2D eigenvalue weighted by molar-refractivity contribution is 6.60. The normalized spacial score (nSPS) is 12.5. The molecule has 0 N–H and O–H groups in total. The number of imidazole rings is 1. The average Bonchev–Trinajstić information content (AvgIpc) is 3.34. The van der Waals surface area contributed by atoms with Gasteiger partial charge < -0.3 is 17.8 Å². The number of nitrogens with zero attached hydrogens (tertiary/aromatic N) is 2. The molecule has 0 aromatic carbocycles. The molecule has 1 rings (SSSR count). The van der Waals surface area contributed by atoms with Crippen molar-refractivity contribution in [2.45, 2.75) is 123 Å². The molecule has 0 fully saturated rings. The summed E-state index contributed by atoms with van der Waals surface area (Å²) in [6, 6.07) is 1.42. The Bertz CT molecular complexity index is 450. The van der Waals surface area contributed by atoms with Crippen molar-refractivity contribution >= 4 is 8.80 Å². The van der Waals surface area contributed by atoms with Crippen molar-refractivity contribution in [3.8, 4) is 0 Å². The minimum atomic E-state index is -2.19. The smallest absolute Gasteiger partial charge is 0.377 e. The van der Waals surface area contributed by atoms with Gasteiger partial charge in [-0.05, 0) is 13.3 Å². The number of aromatic nitrogens is 2. The molecule has 0 aliphatic carbocycles. The highest BCUT2D eigenvalue weighted by Gasteiger charge is 2.34. The lowest BCUT2D eigenvalue weighted by Crippen LogP contribution is -2.41. The van der Waals surface area contributed by atoms with E-state index in [0.717, 1.165) is 6.04 Å². The highest BCUT2D eigenvalue weighted by atomic mass is 28.4. The summed E-state index contributed by atoms with van der Waals surface area (Å²) in [7, 11) is 2.65. The van der Waals surface area contributed by atoms with Crippen molar-refractivity contribution in [2.75, 3.05) is 21.3 Å². The van der Waals surface area contributed by atoms with Crippen LogP contribution in [0.2, 0.25) is 6.04 Å². The SMILES string of the molecule is CCCCCCCCCCCCCCCC(C)n1ccnc1.CC[Si](OC)(OC)OC. The summed E-state index contributed by atoms with van der Waals surface area (Å²) in [5.74, 6) is 0. The van der Waals surface area contributed by atoms with Crippen LogP contribution in [0.15, 0.2) is 18.7 Å². The fourth-order valence-electron chi connectivity index (χ4n) is 3.82. The van der Waals surface area contributed by atoms with Crippen molar-refractivity contribution < 1.29 is 13.3 Å². The lowest BCUT2D eigenvalue weighted by molar-refractivity contribution is 0.125. The van der Waals surface area contributed by atoms with Crippen LogP contribution in [0.25, 0.3) is 0 Å². The summed E-state index contributed by atoms with van der Waals surface area (Å²) in [5, 5.41) is 0. The Kier molecular flexibility index (Phi) is 20.7. The zero-order valence-corrected chi connectivity index (χ0v) is 22.5. The molecule has 6 heteroatoms. The van der Waals surface area contributed by atoms with Crippen LogP contribution in [0, 0.1) is 0 Å². The molecule has 1 unspecified atom stereocenters. The number of rotatable bonds is 19. The predicted octanol–water partition coefficient (Wildman–Crippen LogP) is 7.81. The van der Waals surface area contributed by atoms with Crippen LogP contribution in [0.5, 0.6) is 0 Å². The van der Waals surface area contributed by atoms with Gasteiger partial charge in [0.15, 0.2) is 0 Å². The molecule has 5 nitrogen and oxygen atoms in total. The largest absolute Gasteiger partial charge is 0.499 e. The zero-order valence-electron chi connectivity index (χ0n) is 21.5. The van der Waals surface area contributed by atoms with Crippen LogP contribution >= 0.6 is 0 Å². The third kappa shape index (κ3) is 15.7. The van der Waals surface area contributed by atoms with Crippen molar-refractivity contribution in [2.24, 2.45) is 0 Å². The topological polar surface area (TPSA) is 45.5 Å². The van der Waals surface area contributed by atoms with E-state index in [2.05, 4.69) is 29.6 Å². The van der Waals surface area contributed by atoms with Crippen LogP contribution in [0.1, 0.15) is 117 Å². The minimum Gasteiger partial charge on any atom is -0.377 e. The fraction of sp³-hybridized carbons (Fsp3) is 0.880. The van der Waals surface area contributed by atoms with E-state index in [-0.39, 0.29) is 0 Å². The van der Waals surface area contributed by atoms with Gasteiger partial charge in [0.05, 0.1) is 6.33 Å². The second-order valence-electron chi connectivity index (χ2n) is 8.54. The first-order chi connectivity index (χ1) is 15.1. The van der Waals surface area contributed by atoms with Gasteiger partial charge in [0, 0.05) is 45.8 Å². The minimum absolute atomic E-state index is 0.607. The monoisotopic (exact) mass is 456 g/mol. The molecule has 31 heavy (non-hydrogen) atoms. The van der Waals surface area contributed by atoms with E-state index >= 15 is 0 Å². The van der Waals surface area contributed by atoms with E-state index < -0.39 is 8.80 Å². The van der Waals surface area contributed by atoms with E-state index in [1.165, 1.54) is 89.9 Å². The molecule has 1 atom stereocenters. The molecular formula is C25H52N2O3Si. The lowest BCUT2D eigenvalue weighted by atomic mass is 10.0. The Morgan fingerprint density at radius 1 is 0.742 bits per heavy atom. The predicted molar refractivity (Wildman–Crippen MR) is 135 cm³/mol. The Morgan fingerprint density at radius 3 is 1.52 bits per heavy atom. The quantitative estimate of drug-likeness (QED) is 0.157.